The van der Waals surface area contributed by atoms with Crippen LogP contribution in [0.3, 0.4) is 0 Å². The van der Waals surface area contributed by atoms with Crippen molar-refractivity contribution in [3.05, 3.63) is 35.4 Å². The largest absolute Gasteiger partial charge is 0.352 e. The summed E-state index contributed by atoms with van der Waals surface area (Å²) in [6.45, 7) is 1.05. The van der Waals surface area contributed by atoms with Crippen molar-refractivity contribution in [3.63, 3.8) is 0 Å². The van der Waals surface area contributed by atoms with E-state index in [1.807, 2.05) is 12.1 Å². The van der Waals surface area contributed by atoms with E-state index >= 15 is 0 Å². The Labute approximate surface area is 113 Å². The molecule has 1 aromatic carbocycles. The predicted octanol–water partition coefficient (Wildman–Crippen LogP) is 1.69. The number of hydrogen-bond acceptors (Lipinski definition) is 3. The Kier molecular flexibility index (Phi) is 4.18. The van der Waals surface area contributed by atoms with E-state index in [1.54, 1.807) is 12.1 Å². The molecule has 1 saturated carbocycles. The summed E-state index contributed by atoms with van der Waals surface area (Å²) < 4.78 is 0. The zero-order valence-electron chi connectivity index (χ0n) is 11.0. The normalized spacial score (nSPS) is 16.2. The lowest BCUT2D eigenvalue weighted by Crippen LogP contribution is -2.41. The quantitative estimate of drug-likeness (QED) is 0.842. The van der Waals surface area contributed by atoms with Crippen LogP contribution in [0.2, 0.25) is 0 Å². The lowest BCUT2D eigenvalue weighted by atomic mass is 9.66. The maximum absolute atomic E-state index is 11.9. The molecule has 0 spiro atoms. The number of nitrogens with two attached hydrogens (primary N) is 1. The molecule has 2 rings (SSSR count). The SMILES string of the molecule is N#Cc1cccc(CNC(=O)CC2(CN)CCC2)c1. The van der Waals surface area contributed by atoms with Crippen molar-refractivity contribution >= 4 is 5.91 Å². The molecule has 1 amide bonds. The van der Waals surface area contributed by atoms with Gasteiger partial charge < -0.3 is 11.1 Å². The molecule has 0 atom stereocenters. The molecule has 1 aliphatic carbocycles. The summed E-state index contributed by atoms with van der Waals surface area (Å²) in [6.07, 6.45) is 3.80. The number of benzene rings is 1. The van der Waals surface area contributed by atoms with Gasteiger partial charge in [0.1, 0.15) is 0 Å². The van der Waals surface area contributed by atoms with Crippen LogP contribution < -0.4 is 11.1 Å². The lowest BCUT2D eigenvalue weighted by Gasteiger charge is -2.40. The first kappa shape index (κ1) is 13.6. The summed E-state index contributed by atoms with van der Waals surface area (Å²) in [5, 5.41) is 11.7. The zero-order valence-corrected chi connectivity index (χ0v) is 11.0. The van der Waals surface area contributed by atoms with Crippen LogP contribution in [0.1, 0.15) is 36.8 Å². The van der Waals surface area contributed by atoms with Gasteiger partial charge in [0.15, 0.2) is 0 Å². The highest BCUT2D eigenvalue weighted by Crippen LogP contribution is 2.42. The van der Waals surface area contributed by atoms with Gasteiger partial charge in [0.2, 0.25) is 5.91 Å². The topological polar surface area (TPSA) is 78.9 Å². The predicted molar refractivity (Wildman–Crippen MR) is 73.0 cm³/mol. The van der Waals surface area contributed by atoms with Crippen molar-refractivity contribution in [3.8, 4) is 6.07 Å². The van der Waals surface area contributed by atoms with Gasteiger partial charge in [0.05, 0.1) is 11.6 Å². The summed E-state index contributed by atoms with van der Waals surface area (Å²) in [4.78, 5) is 11.9. The molecule has 0 aromatic heterocycles. The van der Waals surface area contributed by atoms with Crippen LogP contribution in [0.15, 0.2) is 24.3 Å². The zero-order chi connectivity index (χ0) is 13.7. The van der Waals surface area contributed by atoms with Crippen molar-refractivity contribution in [2.75, 3.05) is 6.54 Å². The van der Waals surface area contributed by atoms with Crippen LogP contribution >= 0.6 is 0 Å². The van der Waals surface area contributed by atoms with E-state index in [1.165, 1.54) is 6.42 Å². The van der Waals surface area contributed by atoms with Crippen LogP contribution in [-0.2, 0) is 11.3 Å². The average molecular weight is 257 g/mol. The van der Waals surface area contributed by atoms with Gasteiger partial charge in [-0.05, 0) is 42.5 Å². The summed E-state index contributed by atoms with van der Waals surface area (Å²) in [7, 11) is 0. The molecule has 0 aliphatic heterocycles. The summed E-state index contributed by atoms with van der Waals surface area (Å²) in [6, 6.07) is 9.37. The summed E-state index contributed by atoms with van der Waals surface area (Å²) in [5.74, 6) is 0.0486. The Morgan fingerprint density at radius 1 is 1.47 bits per heavy atom. The van der Waals surface area contributed by atoms with E-state index in [2.05, 4.69) is 11.4 Å². The minimum atomic E-state index is 0.0403. The fourth-order valence-corrected chi connectivity index (χ4v) is 2.48. The number of rotatable bonds is 5. The number of nitriles is 1. The highest BCUT2D eigenvalue weighted by atomic mass is 16.1. The van der Waals surface area contributed by atoms with Crippen LogP contribution in [0, 0.1) is 16.7 Å². The van der Waals surface area contributed by atoms with Crippen LogP contribution in [0.5, 0.6) is 0 Å². The molecular weight excluding hydrogens is 238 g/mol. The van der Waals surface area contributed by atoms with Gasteiger partial charge in [0.25, 0.3) is 0 Å². The van der Waals surface area contributed by atoms with Crippen molar-refractivity contribution in [2.45, 2.75) is 32.2 Å². The standard InChI is InChI=1S/C15H19N3O/c16-9-12-3-1-4-13(7-12)10-18-14(19)8-15(11-17)5-2-6-15/h1,3-4,7H,2,5-6,8,10-11,17H2,(H,18,19). The third kappa shape index (κ3) is 3.33. The average Bonchev–Trinajstić information content (AvgIpc) is 2.41. The molecule has 3 N–H and O–H groups in total. The number of carbonyl (C=O) groups is 1. The van der Waals surface area contributed by atoms with Gasteiger partial charge in [-0.3, -0.25) is 4.79 Å². The number of nitrogens with one attached hydrogen (secondary N) is 1. The third-order valence-electron chi connectivity index (χ3n) is 3.93. The summed E-state index contributed by atoms with van der Waals surface area (Å²) in [5.41, 5.74) is 7.35. The molecule has 0 saturated heterocycles. The fourth-order valence-electron chi connectivity index (χ4n) is 2.48. The Bertz CT molecular complexity index is 495. The highest BCUT2D eigenvalue weighted by molar-refractivity contribution is 5.76. The van der Waals surface area contributed by atoms with Crippen LogP contribution in [0.4, 0.5) is 0 Å². The Morgan fingerprint density at radius 2 is 2.26 bits per heavy atom. The van der Waals surface area contributed by atoms with E-state index in [0.29, 0.717) is 25.1 Å². The fraction of sp³-hybridized carbons (Fsp3) is 0.467. The van der Waals surface area contributed by atoms with E-state index < -0.39 is 0 Å². The van der Waals surface area contributed by atoms with Gasteiger partial charge in [0, 0.05) is 13.0 Å². The maximum Gasteiger partial charge on any atom is 0.220 e. The minimum absolute atomic E-state index is 0.0403. The lowest BCUT2D eigenvalue weighted by molar-refractivity contribution is -0.124. The molecule has 0 unspecified atom stereocenters. The van der Waals surface area contributed by atoms with Crippen molar-refractivity contribution in [1.29, 1.82) is 5.26 Å². The van der Waals surface area contributed by atoms with Crippen molar-refractivity contribution in [2.24, 2.45) is 11.1 Å². The number of hydrogen-bond donors (Lipinski definition) is 2. The molecule has 19 heavy (non-hydrogen) atoms. The van der Waals surface area contributed by atoms with E-state index in [-0.39, 0.29) is 11.3 Å². The molecule has 0 heterocycles. The van der Waals surface area contributed by atoms with Gasteiger partial charge in [-0.25, -0.2) is 0 Å². The molecule has 0 bridgehead atoms. The van der Waals surface area contributed by atoms with Gasteiger partial charge in [-0.15, -0.1) is 0 Å². The molecule has 1 aliphatic rings. The second kappa shape index (κ2) is 5.85. The van der Waals surface area contributed by atoms with Crippen LogP contribution in [-0.4, -0.2) is 12.5 Å². The highest BCUT2D eigenvalue weighted by Gasteiger charge is 2.37. The molecule has 4 heteroatoms. The number of amides is 1. The van der Waals surface area contributed by atoms with Gasteiger partial charge in [-0.2, -0.15) is 5.26 Å². The smallest absolute Gasteiger partial charge is 0.220 e. The van der Waals surface area contributed by atoms with E-state index in [0.717, 1.165) is 18.4 Å². The first-order chi connectivity index (χ1) is 9.17. The first-order valence-electron chi connectivity index (χ1n) is 6.63. The minimum Gasteiger partial charge on any atom is -0.352 e. The molecular formula is C15H19N3O. The molecule has 100 valence electrons. The van der Waals surface area contributed by atoms with E-state index in [9.17, 15) is 4.79 Å². The number of carbonyl (C=O) groups excluding carboxylic acids is 1. The van der Waals surface area contributed by atoms with Gasteiger partial charge >= 0.3 is 0 Å². The molecule has 4 nitrogen and oxygen atoms in total. The first-order valence-corrected chi connectivity index (χ1v) is 6.63. The van der Waals surface area contributed by atoms with Crippen molar-refractivity contribution < 1.29 is 4.79 Å². The van der Waals surface area contributed by atoms with Crippen LogP contribution in [0.25, 0.3) is 0 Å². The second-order valence-corrected chi connectivity index (χ2v) is 5.32. The Morgan fingerprint density at radius 3 is 2.84 bits per heavy atom. The monoisotopic (exact) mass is 257 g/mol. The maximum atomic E-state index is 11.9. The third-order valence-corrected chi connectivity index (χ3v) is 3.93. The molecule has 0 radical (unpaired) electrons. The summed E-state index contributed by atoms with van der Waals surface area (Å²) >= 11 is 0. The second-order valence-electron chi connectivity index (χ2n) is 5.32. The van der Waals surface area contributed by atoms with Gasteiger partial charge in [-0.1, -0.05) is 18.6 Å². The Hall–Kier alpha value is -1.86. The van der Waals surface area contributed by atoms with E-state index in [4.69, 9.17) is 11.0 Å². The van der Waals surface area contributed by atoms with Crippen molar-refractivity contribution in [1.82, 2.24) is 5.32 Å². The molecule has 1 aromatic rings. The Balaban J connectivity index is 1.85. The molecule has 1 fully saturated rings. The number of nitrogens with zero attached hydrogens (tertiary/aromatic N) is 1.